The van der Waals surface area contributed by atoms with Crippen molar-refractivity contribution in [1.29, 1.82) is 5.26 Å². The molecule has 2 atom stereocenters. The number of amides is 1. The summed E-state index contributed by atoms with van der Waals surface area (Å²) in [6, 6.07) is 3.12. The minimum absolute atomic E-state index is 0.0375. The van der Waals surface area contributed by atoms with Gasteiger partial charge in [-0.3, -0.25) is 9.59 Å². The van der Waals surface area contributed by atoms with Crippen LogP contribution in [0.1, 0.15) is 41.9 Å². The highest BCUT2D eigenvalue weighted by Crippen LogP contribution is 2.27. The van der Waals surface area contributed by atoms with E-state index < -0.39 is 15.1 Å². The first-order valence-electron chi connectivity index (χ1n) is 7.73. The normalized spacial score (nSPS) is 19.8. The van der Waals surface area contributed by atoms with Crippen molar-refractivity contribution in [2.24, 2.45) is 0 Å². The van der Waals surface area contributed by atoms with E-state index in [9.17, 15) is 23.3 Å². The van der Waals surface area contributed by atoms with Gasteiger partial charge in [-0.05, 0) is 33.3 Å². The molecule has 1 amide bonds. The third-order valence-electron chi connectivity index (χ3n) is 3.91. The second-order valence-electron chi connectivity index (χ2n) is 6.01. The van der Waals surface area contributed by atoms with Crippen molar-refractivity contribution in [3.8, 4) is 6.07 Å². The number of hydrogen-bond acceptors (Lipinski definition) is 7. The van der Waals surface area contributed by atoms with Gasteiger partial charge in [0.15, 0.2) is 15.6 Å². The molecule has 0 bridgehead atoms. The van der Waals surface area contributed by atoms with Crippen LogP contribution in [0, 0.1) is 18.3 Å². The average molecular weight is 381 g/mol. The SMILES string of the molecule is CC(=O)c1cc(C#N)c(S[C@@H](C)C(=O)N[C@H]2CCS(=O)(=O)C2)nc1C. The summed E-state index contributed by atoms with van der Waals surface area (Å²) in [5, 5.41) is 11.8. The number of thioether (sulfide) groups is 1. The van der Waals surface area contributed by atoms with Crippen LogP contribution in [0.5, 0.6) is 0 Å². The number of sulfone groups is 1. The Morgan fingerprint density at radius 2 is 2.16 bits per heavy atom. The molecule has 9 heteroatoms. The molecule has 2 rings (SSSR count). The minimum atomic E-state index is -3.06. The molecule has 0 spiro atoms. The number of carbonyl (C=O) groups excluding carboxylic acids is 2. The van der Waals surface area contributed by atoms with E-state index in [0.717, 1.165) is 11.8 Å². The fourth-order valence-corrected chi connectivity index (χ4v) is 5.16. The van der Waals surface area contributed by atoms with Crippen molar-refractivity contribution in [2.75, 3.05) is 11.5 Å². The Bertz CT molecular complexity index is 859. The number of ketones is 1. The van der Waals surface area contributed by atoms with Crippen molar-refractivity contribution in [2.45, 2.75) is 43.5 Å². The number of hydrogen-bond donors (Lipinski definition) is 1. The number of aryl methyl sites for hydroxylation is 1. The average Bonchev–Trinajstić information content (AvgIpc) is 2.85. The number of nitriles is 1. The molecule has 0 radical (unpaired) electrons. The predicted octanol–water partition coefficient (Wildman–Crippen LogP) is 1.25. The Kier molecular flexibility index (Phi) is 5.85. The van der Waals surface area contributed by atoms with Crippen molar-refractivity contribution < 1.29 is 18.0 Å². The summed E-state index contributed by atoms with van der Waals surface area (Å²) in [4.78, 5) is 28.1. The summed E-state index contributed by atoms with van der Waals surface area (Å²) < 4.78 is 22.9. The van der Waals surface area contributed by atoms with E-state index in [1.54, 1.807) is 13.8 Å². The Balaban J connectivity index is 2.11. The van der Waals surface area contributed by atoms with E-state index in [1.807, 2.05) is 6.07 Å². The van der Waals surface area contributed by atoms with Gasteiger partial charge in [0.05, 0.1) is 22.3 Å². The molecule has 1 fully saturated rings. The van der Waals surface area contributed by atoms with E-state index in [1.165, 1.54) is 13.0 Å². The van der Waals surface area contributed by atoms with Gasteiger partial charge in [0.25, 0.3) is 0 Å². The molecule has 1 aliphatic heterocycles. The number of nitrogens with zero attached hydrogens (tertiary/aromatic N) is 2. The van der Waals surface area contributed by atoms with Crippen LogP contribution < -0.4 is 5.32 Å². The third-order valence-corrected chi connectivity index (χ3v) is 6.78. The van der Waals surface area contributed by atoms with E-state index >= 15 is 0 Å². The van der Waals surface area contributed by atoms with Gasteiger partial charge in [-0.1, -0.05) is 11.8 Å². The zero-order valence-corrected chi connectivity index (χ0v) is 15.8. The van der Waals surface area contributed by atoms with Gasteiger partial charge in [0.1, 0.15) is 11.1 Å². The molecule has 0 aliphatic carbocycles. The van der Waals surface area contributed by atoms with Crippen molar-refractivity contribution in [3.63, 3.8) is 0 Å². The Labute approximate surface area is 151 Å². The molecular weight excluding hydrogens is 362 g/mol. The highest BCUT2D eigenvalue weighted by molar-refractivity contribution is 8.00. The molecular formula is C16H19N3O4S2. The Morgan fingerprint density at radius 1 is 1.48 bits per heavy atom. The van der Waals surface area contributed by atoms with Gasteiger partial charge >= 0.3 is 0 Å². The van der Waals surface area contributed by atoms with Gasteiger partial charge in [0.2, 0.25) is 5.91 Å². The smallest absolute Gasteiger partial charge is 0.233 e. The number of aromatic nitrogens is 1. The first-order valence-corrected chi connectivity index (χ1v) is 10.4. The summed E-state index contributed by atoms with van der Waals surface area (Å²) in [5.41, 5.74) is 1.13. The topological polar surface area (TPSA) is 117 Å². The number of rotatable bonds is 5. The van der Waals surface area contributed by atoms with Crippen LogP contribution in [0.15, 0.2) is 11.1 Å². The van der Waals surface area contributed by atoms with Gasteiger partial charge in [-0.2, -0.15) is 5.26 Å². The van der Waals surface area contributed by atoms with Crippen molar-refractivity contribution >= 4 is 33.3 Å². The standard InChI is InChI=1S/C16H19N3O4S2/c1-9-14(10(2)20)6-12(7-17)16(18-9)24-11(3)15(21)19-13-4-5-25(22,23)8-13/h6,11,13H,4-5,8H2,1-3H3,(H,19,21)/t11-,13-/m0/s1. The molecule has 25 heavy (non-hydrogen) atoms. The highest BCUT2D eigenvalue weighted by Gasteiger charge is 2.30. The monoisotopic (exact) mass is 381 g/mol. The lowest BCUT2D eigenvalue weighted by molar-refractivity contribution is -0.120. The fraction of sp³-hybridized carbons (Fsp3) is 0.500. The largest absolute Gasteiger partial charge is 0.351 e. The van der Waals surface area contributed by atoms with E-state index in [2.05, 4.69) is 10.3 Å². The summed E-state index contributed by atoms with van der Waals surface area (Å²) in [7, 11) is -3.06. The van der Waals surface area contributed by atoms with Crippen LogP contribution in [0.25, 0.3) is 0 Å². The van der Waals surface area contributed by atoms with Gasteiger partial charge < -0.3 is 5.32 Å². The van der Waals surface area contributed by atoms with Crippen LogP contribution in [0.3, 0.4) is 0 Å². The van der Waals surface area contributed by atoms with Crippen LogP contribution >= 0.6 is 11.8 Å². The maximum Gasteiger partial charge on any atom is 0.233 e. The number of nitrogens with one attached hydrogen (secondary N) is 1. The zero-order chi connectivity index (χ0) is 18.8. The molecule has 0 saturated carbocycles. The van der Waals surface area contributed by atoms with Crippen LogP contribution in [-0.4, -0.2) is 47.9 Å². The predicted molar refractivity (Wildman–Crippen MR) is 94.2 cm³/mol. The molecule has 1 aliphatic rings. The summed E-state index contributed by atoms with van der Waals surface area (Å²) in [5.74, 6) is -0.424. The van der Waals surface area contributed by atoms with Crippen molar-refractivity contribution in [3.05, 3.63) is 22.9 Å². The molecule has 0 aromatic carbocycles. The Hall–Kier alpha value is -1.92. The van der Waals surface area contributed by atoms with Crippen LogP contribution in [-0.2, 0) is 14.6 Å². The molecule has 1 N–H and O–H groups in total. The number of pyridine rings is 1. The second-order valence-corrected chi connectivity index (χ2v) is 9.57. The maximum atomic E-state index is 12.3. The molecule has 1 saturated heterocycles. The quantitative estimate of drug-likeness (QED) is 0.602. The fourth-order valence-electron chi connectivity index (χ4n) is 2.56. The lowest BCUT2D eigenvalue weighted by Crippen LogP contribution is -2.40. The molecule has 0 unspecified atom stereocenters. The van der Waals surface area contributed by atoms with Crippen LogP contribution in [0.4, 0.5) is 0 Å². The minimum Gasteiger partial charge on any atom is -0.351 e. The maximum absolute atomic E-state index is 12.3. The van der Waals surface area contributed by atoms with Gasteiger partial charge in [0, 0.05) is 17.3 Å². The lowest BCUT2D eigenvalue weighted by atomic mass is 10.1. The summed E-state index contributed by atoms with van der Waals surface area (Å²) in [6.45, 7) is 4.75. The molecule has 7 nitrogen and oxygen atoms in total. The van der Waals surface area contributed by atoms with Crippen molar-refractivity contribution in [1.82, 2.24) is 10.3 Å². The molecule has 1 aromatic heterocycles. The molecule has 1 aromatic rings. The second kappa shape index (κ2) is 7.54. The molecule has 2 heterocycles. The molecule has 134 valence electrons. The number of Topliss-reactive ketones (excluding diaryl/α,β-unsaturated/α-hetero) is 1. The first-order chi connectivity index (χ1) is 11.6. The lowest BCUT2D eigenvalue weighted by Gasteiger charge is -2.16. The Morgan fingerprint density at radius 3 is 2.68 bits per heavy atom. The summed E-state index contributed by atoms with van der Waals surface area (Å²) in [6.07, 6.45) is 0.416. The summed E-state index contributed by atoms with van der Waals surface area (Å²) >= 11 is 1.11. The zero-order valence-electron chi connectivity index (χ0n) is 14.2. The first kappa shape index (κ1) is 19.4. The van der Waals surface area contributed by atoms with Gasteiger partial charge in [-0.25, -0.2) is 13.4 Å². The van der Waals surface area contributed by atoms with Crippen LogP contribution in [0.2, 0.25) is 0 Å². The number of carbonyl (C=O) groups is 2. The van der Waals surface area contributed by atoms with E-state index in [4.69, 9.17) is 0 Å². The van der Waals surface area contributed by atoms with E-state index in [0.29, 0.717) is 22.7 Å². The highest BCUT2D eigenvalue weighted by atomic mass is 32.2. The van der Waals surface area contributed by atoms with Gasteiger partial charge in [-0.15, -0.1) is 0 Å². The third kappa shape index (κ3) is 4.80. The van der Waals surface area contributed by atoms with E-state index in [-0.39, 0.29) is 34.8 Å².